The quantitative estimate of drug-likeness (QED) is 0.325. The molecule has 1 heterocycles. The van der Waals surface area contributed by atoms with Crippen molar-refractivity contribution in [2.24, 2.45) is 11.3 Å². The fourth-order valence-electron chi connectivity index (χ4n) is 2.85. The maximum absolute atomic E-state index is 11.9. The summed E-state index contributed by atoms with van der Waals surface area (Å²) in [5.41, 5.74) is 0.0708. The molecule has 5 heteroatoms. The Morgan fingerprint density at radius 3 is 2.64 bits per heavy atom. The fourth-order valence-corrected chi connectivity index (χ4v) is 2.85. The second-order valence-corrected chi connectivity index (χ2v) is 6.86. The molecule has 0 radical (unpaired) electrons. The lowest BCUT2D eigenvalue weighted by Crippen LogP contribution is -2.55. The Bertz CT molecular complexity index is 463. The molecular weight excluding hydrogens is 282 g/mol. The third kappa shape index (κ3) is 4.02. The van der Waals surface area contributed by atoms with Gasteiger partial charge >= 0.3 is 5.97 Å². The molecule has 0 amide bonds. The van der Waals surface area contributed by atoms with Gasteiger partial charge < -0.3 is 9.57 Å². The van der Waals surface area contributed by atoms with Gasteiger partial charge in [-0.1, -0.05) is 19.9 Å². The van der Waals surface area contributed by atoms with E-state index in [1.54, 1.807) is 6.92 Å². The van der Waals surface area contributed by atoms with E-state index in [2.05, 4.69) is 13.8 Å². The first-order valence-electron chi connectivity index (χ1n) is 7.96. The lowest BCUT2D eigenvalue weighted by Gasteiger charge is -2.50. The first-order valence-corrected chi connectivity index (χ1v) is 7.96. The first-order chi connectivity index (χ1) is 10.1. The second kappa shape index (κ2) is 7.16. The van der Waals surface area contributed by atoms with Crippen LogP contribution >= 0.6 is 0 Å². The van der Waals surface area contributed by atoms with Crippen LogP contribution in [0, 0.1) is 16.5 Å². The Morgan fingerprint density at radius 1 is 1.41 bits per heavy atom. The molecule has 1 atom stereocenters. The van der Waals surface area contributed by atoms with E-state index in [4.69, 9.17) is 9.57 Å². The van der Waals surface area contributed by atoms with Crippen molar-refractivity contribution in [3.63, 3.8) is 0 Å². The van der Waals surface area contributed by atoms with Gasteiger partial charge in [-0.25, -0.2) is 4.79 Å². The van der Waals surface area contributed by atoms with Crippen molar-refractivity contribution >= 4 is 11.7 Å². The molecule has 0 saturated heterocycles. The predicted octanol–water partition coefficient (Wildman–Crippen LogP) is 3.61. The SMILES string of the molecule is CCOC(=O)/C=C\CCC[C@@H]1C(C)=[N+]([O-])OC(C)(C)C1(C)C. The van der Waals surface area contributed by atoms with Crippen molar-refractivity contribution in [3.8, 4) is 0 Å². The summed E-state index contributed by atoms with van der Waals surface area (Å²) in [6, 6.07) is 0. The minimum Gasteiger partial charge on any atom is -0.463 e. The summed E-state index contributed by atoms with van der Waals surface area (Å²) in [6.07, 6.45) is 5.89. The van der Waals surface area contributed by atoms with E-state index in [0.717, 1.165) is 25.0 Å². The molecule has 0 fully saturated rings. The molecule has 0 spiro atoms. The molecule has 0 aliphatic carbocycles. The molecular formula is C17H29NO4. The third-order valence-corrected chi connectivity index (χ3v) is 4.93. The molecule has 0 unspecified atom stereocenters. The third-order valence-electron chi connectivity index (χ3n) is 4.93. The molecule has 22 heavy (non-hydrogen) atoms. The number of carbonyl (C=O) groups excluding carboxylic acids is 1. The van der Waals surface area contributed by atoms with Crippen LogP contribution in [-0.2, 0) is 14.4 Å². The Balaban J connectivity index is 2.63. The number of hydrogen-bond donors (Lipinski definition) is 0. The summed E-state index contributed by atoms with van der Waals surface area (Å²) in [4.78, 5) is 17.4. The van der Waals surface area contributed by atoms with Crippen LogP contribution in [0.25, 0.3) is 0 Å². The Labute approximate surface area is 133 Å². The van der Waals surface area contributed by atoms with E-state index < -0.39 is 5.60 Å². The van der Waals surface area contributed by atoms with Crippen LogP contribution < -0.4 is 0 Å². The molecule has 0 bridgehead atoms. The lowest BCUT2D eigenvalue weighted by molar-refractivity contribution is -0.778. The summed E-state index contributed by atoms with van der Waals surface area (Å²) in [6.45, 7) is 12.2. The zero-order chi connectivity index (χ0) is 17.0. The van der Waals surface area contributed by atoms with Crippen molar-refractivity contribution in [2.75, 3.05) is 6.61 Å². The first kappa shape index (κ1) is 18.5. The van der Waals surface area contributed by atoms with Gasteiger partial charge in [-0.15, -0.1) is 0 Å². The second-order valence-electron chi connectivity index (χ2n) is 6.86. The number of allylic oxidation sites excluding steroid dienone is 1. The Hall–Kier alpha value is -1.52. The van der Waals surface area contributed by atoms with Crippen LogP contribution in [0.2, 0.25) is 0 Å². The van der Waals surface area contributed by atoms with E-state index in [-0.39, 0.29) is 17.3 Å². The van der Waals surface area contributed by atoms with Crippen molar-refractivity contribution in [1.82, 2.24) is 0 Å². The zero-order valence-corrected chi connectivity index (χ0v) is 14.6. The highest BCUT2D eigenvalue weighted by Crippen LogP contribution is 2.46. The Morgan fingerprint density at radius 2 is 2.05 bits per heavy atom. The molecule has 1 rings (SSSR count). The van der Waals surface area contributed by atoms with E-state index in [0.29, 0.717) is 11.5 Å². The largest absolute Gasteiger partial charge is 0.463 e. The summed E-state index contributed by atoms with van der Waals surface area (Å²) >= 11 is 0. The number of unbranched alkanes of at least 4 members (excludes halogenated alkanes) is 1. The van der Waals surface area contributed by atoms with Gasteiger partial charge in [0.1, 0.15) is 0 Å². The van der Waals surface area contributed by atoms with Crippen LogP contribution in [0.4, 0.5) is 0 Å². The topological polar surface area (TPSA) is 61.6 Å². The van der Waals surface area contributed by atoms with Gasteiger partial charge in [0.25, 0.3) is 0 Å². The molecule has 0 aromatic rings. The maximum Gasteiger partial charge on any atom is 0.330 e. The molecule has 0 aromatic carbocycles. The summed E-state index contributed by atoms with van der Waals surface area (Å²) in [7, 11) is 0. The molecule has 0 N–H and O–H groups in total. The molecule has 5 nitrogen and oxygen atoms in total. The molecule has 126 valence electrons. The average molecular weight is 311 g/mol. The molecule has 1 aliphatic rings. The zero-order valence-electron chi connectivity index (χ0n) is 14.6. The van der Waals surface area contributed by atoms with Crippen molar-refractivity contribution in [2.45, 2.75) is 66.4 Å². The van der Waals surface area contributed by atoms with Gasteiger partial charge in [-0.2, -0.15) is 0 Å². The summed E-state index contributed by atoms with van der Waals surface area (Å²) in [5.74, 6) is -0.145. The van der Waals surface area contributed by atoms with E-state index >= 15 is 0 Å². The van der Waals surface area contributed by atoms with E-state index in [9.17, 15) is 10.0 Å². The van der Waals surface area contributed by atoms with Gasteiger partial charge in [0.15, 0.2) is 0 Å². The highest BCUT2D eigenvalue weighted by molar-refractivity contribution is 5.82. The fraction of sp³-hybridized carbons (Fsp3) is 0.765. The molecule has 0 aromatic heterocycles. The highest BCUT2D eigenvalue weighted by atomic mass is 16.9. The standard InChI is InChI=1S/C17H29NO4/c1-7-21-15(19)12-10-8-9-11-14-13(2)18(20)22-17(5,6)16(14,3)4/h10,12,14H,7-9,11H2,1-6H3/b12-10-/t14-/m1/s1. The van der Waals surface area contributed by atoms with Gasteiger partial charge in [-0.3, -0.25) is 5.21 Å². The minimum atomic E-state index is -0.514. The number of hydrogen-bond acceptors (Lipinski definition) is 4. The smallest absolute Gasteiger partial charge is 0.330 e. The minimum absolute atomic E-state index is 0.136. The van der Waals surface area contributed by atoms with Crippen LogP contribution in [0.15, 0.2) is 12.2 Å². The van der Waals surface area contributed by atoms with Crippen LogP contribution in [0.3, 0.4) is 0 Å². The monoisotopic (exact) mass is 311 g/mol. The molecule has 1 aliphatic heterocycles. The van der Waals surface area contributed by atoms with Gasteiger partial charge in [0.05, 0.1) is 18.1 Å². The normalized spacial score (nSPS) is 23.5. The summed E-state index contributed by atoms with van der Waals surface area (Å²) < 4.78 is 4.84. The van der Waals surface area contributed by atoms with Crippen molar-refractivity contribution in [1.29, 1.82) is 0 Å². The van der Waals surface area contributed by atoms with Crippen LogP contribution in [0.1, 0.15) is 60.8 Å². The highest BCUT2D eigenvalue weighted by Gasteiger charge is 2.50. The molecule has 0 saturated carbocycles. The van der Waals surface area contributed by atoms with Crippen molar-refractivity contribution in [3.05, 3.63) is 17.4 Å². The lowest BCUT2D eigenvalue weighted by atomic mass is 9.64. The van der Waals surface area contributed by atoms with Gasteiger partial charge in [0, 0.05) is 17.9 Å². The van der Waals surface area contributed by atoms with E-state index in [1.165, 1.54) is 6.08 Å². The number of nitrogens with zero attached hydrogens (tertiary/aromatic N) is 1. The number of rotatable bonds is 6. The maximum atomic E-state index is 11.9. The van der Waals surface area contributed by atoms with E-state index in [1.807, 2.05) is 26.8 Å². The Kier molecular flexibility index (Phi) is 6.03. The number of ether oxygens (including phenoxy) is 1. The van der Waals surface area contributed by atoms with Crippen molar-refractivity contribution < 1.29 is 19.3 Å². The predicted molar refractivity (Wildman–Crippen MR) is 86.4 cm³/mol. The van der Waals surface area contributed by atoms with Gasteiger partial charge in [-0.05, 0) is 45.4 Å². The summed E-state index contributed by atoms with van der Waals surface area (Å²) in [5, 5.41) is 11.9. The number of carbonyl (C=O) groups is 1. The number of esters is 1. The van der Waals surface area contributed by atoms with Crippen LogP contribution in [-0.4, -0.2) is 28.8 Å². The van der Waals surface area contributed by atoms with Gasteiger partial charge in [0.2, 0.25) is 5.71 Å². The average Bonchev–Trinajstić information content (AvgIpc) is 2.40. The van der Waals surface area contributed by atoms with Crippen LogP contribution in [0.5, 0.6) is 0 Å².